The van der Waals surface area contributed by atoms with Crippen molar-refractivity contribution in [2.24, 2.45) is 5.73 Å². The molecule has 0 radical (unpaired) electrons. The summed E-state index contributed by atoms with van der Waals surface area (Å²) in [6, 6.07) is 6.04. The lowest BCUT2D eigenvalue weighted by Gasteiger charge is -2.06. The van der Waals surface area contributed by atoms with Crippen molar-refractivity contribution in [3.8, 4) is 0 Å². The van der Waals surface area contributed by atoms with Crippen LogP contribution in [0.15, 0.2) is 29.4 Å². The Morgan fingerprint density at radius 1 is 1.43 bits per heavy atom. The van der Waals surface area contributed by atoms with Gasteiger partial charge in [0.25, 0.3) is 0 Å². The van der Waals surface area contributed by atoms with Crippen molar-refractivity contribution in [1.82, 2.24) is 20.2 Å². The minimum absolute atomic E-state index is 0.181. The molecule has 0 saturated heterocycles. The Kier molecular flexibility index (Phi) is 5.64. The number of carbonyl (C=O) groups is 1. The summed E-state index contributed by atoms with van der Waals surface area (Å²) in [6.45, 7) is 0.961. The van der Waals surface area contributed by atoms with Crippen LogP contribution < -0.4 is 11.1 Å². The second kappa shape index (κ2) is 7.70. The second-order valence-electron chi connectivity index (χ2n) is 4.10. The van der Waals surface area contributed by atoms with E-state index in [1.807, 2.05) is 0 Å². The summed E-state index contributed by atoms with van der Waals surface area (Å²) in [4.78, 5) is 11.7. The van der Waals surface area contributed by atoms with Crippen LogP contribution >= 0.6 is 11.8 Å². The summed E-state index contributed by atoms with van der Waals surface area (Å²) in [5.74, 6) is -0.221. The summed E-state index contributed by atoms with van der Waals surface area (Å²) in [5.41, 5.74) is 5.62. The van der Waals surface area contributed by atoms with Gasteiger partial charge in [0.2, 0.25) is 11.1 Å². The molecule has 0 aliphatic heterocycles. The third-order valence-corrected chi connectivity index (χ3v) is 3.51. The molecule has 2 rings (SSSR count). The number of anilines is 1. The lowest BCUT2D eigenvalue weighted by atomic mass is 10.3. The Morgan fingerprint density at radius 2 is 2.24 bits per heavy atom. The monoisotopic (exact) mass is 310 g/mol. The Balaban J connectivity index is 1.79. The normalized spacial score (nSPS) is 10.6. The van der Waals surface area contributed by atoms with E-state index in [0.29, 0.717) is 24.0 Å². The van der Waals surface area contributed by atoms with Gasteiger partial charge in [-0.3, -0.25) is 4.79 Å². The maximum atomic E-state index is 13.4. The van der Waals surface area contributed by atoms with Gasteiger partial charge in [-0.25, -0.2) is 9.07 Å². The van der Waals surface area contributed by atoms with Gasteiger partial charge in [0.1, 0.15) is 5.82 Å². The molecule has 7 nitrogen and oxygen atoms in total. The number of nitrogens with zero attached hydrogens (tertiary/aromatic N) is 4. The van der Waals surface area contributed by atoms with Crippen LogP contribution in [-0.2, 0) is 11.3 Å². The number of thioether (sulfide) groups is 1. The van der Waals surface area contributed by atoms with E-state index in [1.165, 1.54) is 23.9 Å². The fraction of sp³-hybridized carbons (Fsp3) is 0.333. The first kappa shape index (κ1) is 15.4. The standard InChI is InChI=1S/C12H15FN6OS/c13-9-3-1-2-4-10(9)15-11(20)5-8-21-12-16-17-18-19(12)7-6-14/h1-4H,5-8,14H2,(H,15,20). The second-order valence-corrected chi connectivity index (χ2v) is 5.16. The van der Waals surface area contributed by atoms with Crippen LogP contribution in [0.1, 0.15) is 6.42 Å². The van der Waals surface area contributed by atoms with Crippen LogP contribution in [0.4, 0.5) is 10.1 Å². The molecule has 1 heterocycles. The van der Waals surface area contributed by atoms with Crippen LogP contribution in [0.5, 0.6) is 0 Å². The molecule has 1 aromatic heterocycles. The average molecular weight is 310 g/mol. The first-order valence-corrected chi connectivity index (χ1v) is 7.32. The van der Waals surface area contributed by atoms with E-state index in [2.05, 4.69) is 20.8 Å². The molecule has 9 heteroatoms. The van der Waals surface area contributed by atoms with Crippen LogP contribution in [-0.4, -0.2) is 38.4 Å². The minimum Gasteiger partial charge on any atom is -0.329 e. The molecule has 0 unspecified atom stereocenters. The minimum atomic E-state index is -0.453. The quantitative estimate of drug-likeness (QED) is 0.737. The number of hydrogen-bond acceptors (Lipinski definition) is 6. The Hall–Kier alpha value is -2.00. The third-order valence-electron chi connectivity index (χ3n) is 2.55. The van der Waals surface area contributed by atoms with Gasteiger partial charge in [-0.15, -0.1) is 5.10 Å². The number of nitrogens with two attached hydrogens (primary N) is 1. The van der Waals surface area contributed by atoms with Gasteiger partial charge in [0.15, 0.2) is 0 Å². The maximum absolute atomic E-state index is 13.4. The van der Waals surface area contributed by atoms with Gasteiger partial charge in [-0.1, -0.05) is 23.9 Å². The largest absolute Gasteiger partial charge is 0.329 e. The van der Waals surface area contributed by atoms with Gasteiger partial charge < -0.3 is 11.1 Å². The van der Waals surface area contributed by atoms with E-state index in [1.54, 1.807) is 16.8 Å². The number of amides is 1. The van der Waals surface area contributed by atoms with E-state index in [9.17, 15) is 9.18 Å². The van der Waals surface area contributed by atoms with Crippen molar-refractivity contribution < 1.29 is 9.18 Å². The molecule has 0 bridgehead atoms. The first-order chi connectivity index (χ1) is 10.2. The highest BCUT2D eigenvalue weighted by Gasteiger charge is 2.09. The molecule has 1 amide bonds. The highest BCUT2D eigenvalue weighted by molar-refractivity contribution is 7.99. The molecule has 0 spiro atoms. The molecule has 2 aromatic rings. The van der Waals surface area contributed by atoms with Crippen molar-refractivity contribution in [3.05, 3.63) is 30.1 Å². The fourth-order valence-corrected chi connectivity index (χ4v) is 2.41. The van der Waals surface area contributed by atoms with Gasteiger partial charge in [0.05, 0.1) is 12.2 Å². The number of rotatable bonds is 7. The lowest BCUT2D eigenvalue weighted by molar-refractivity contribution is -0.115. The molecule has 1 aromatic carbocycles. The fourth-order valence-electron chi connectivity index (χ4n) is 1.57. The summed E-state index contributed by atoms with van der Waals surface area (Å²) in [6.07, 6.45) is 0.231. The molecule has 3 N–H and O–H groups in total. The summed E-state index contributed by atoms with van der Waals surface area (Å²) in [5, 5.41) is 14.3. The number of carbonyl (C=O) groups excluding carboxylic acids is 1. The maximum Gasteiger partial charge on any atom is 0.225 e. The van der Waals surface area contributed by atoms with E-state index >= 15 is 0 Å². The smallest absolute Gasteiger partial charge is 0.225 e. The average Bonchev–Trinajstić information content (AvgIpc) is 2.89. The Bertz CT molecular complexity index is 605. The molecule has 0 saturated carbocycles. The third kappa shape index (κ3) is 4.50. The lowest BCUT2D eigenvalue weighted by Crippen LogP contribution is -2.14. The SMILES string of the molecule is NCCn1nnnc1SCCC(=O)Nc1ccccc1F. The van der Waals surface area contributed by atoms with Gasteiger partial charge >= 0.3 is 0 Å². The molecule has 0 aliphatic rings. The van der Waals surface area contributed by atoms with Crippen molar-refractivity contribution in [1.29, 1.82) is 0 Å². The molecule has 112 valence electrons. The van der Waals surface area contributed by atoms with Gasteiger partial charge in [-0.2, -0.15) is 0 Å². The number of benzene rings is 1. The molecule has 21 heavy (non-hydrogen) atoms. The van der Waals surface area contributed by atoms with Gasteiger partial charge in [0, 0.05) is 18.7 Å². The Labute approximate surface area is 125 Å². The van der Waals surface area contributed by atoms with Crippen LogP contribution in [0, 0.1) is 5.82 Å². The summed E-state index contributed by atoms with van der Waals surface area (Å²) < 4.78 is 15.0. The number of aromatic nitrogens is 4. The van der Waals surface area contributed by atoms with Crippen LogP contribution in [0.2, 0.25) is 0 Å². The Morgan fingerprint density at radius 3 is 3.00 bits per heavy atom. The van der Waals surface area contributed by atoms with Crippen molar-refractivity contribution in [2.75, 3.05) is 17.6 Å². The predicted octanol–water partition coefficient (Wildman–Crippen LogP) is 0.892. The number of para-hydroxylation sites is 1. The molecule has 0 aliphatic carbocycles. The zero-order valence-corrected chi connectivity index (χ0v) is 12.0. The van der Waals surface area contributed by atoms with Crippen LogP contribution in [0.25, 0.3) is 0 Å². The first-order valence-electron chi connectivity index (χ1n) is 6.34. The number of tetrazole rings is 1. The molecular formula is C12H15FN6OS. The highest BCUT2D eigenvalue weighted by atomic mass is 32.2. The number of halogens is 1. The van der Waals surface area contributed by atoms with Crippen molar-refractivity contribution >= 4 is 23.4 Å². The number of hydrogen-bond donors (Lipinski definition) is 2. The molecule has 0 fully saturated rings. The van der Waals surface area contributed by atoms with Crippen LogP contribution in [0.3, 0.4) is 0 Å². The predicted molar refractivity (Wildman–Crippen MR) is 77.2 cm³/mol. The van der Waals surface area contributed by atoms with E-state index in [-0.39, 0.29) is 18.0 Å². The topological polar surface area (TPSA) is 98.7 Å². The highest BCUT2D eigenvalue weighted by Crippen LogP contribution is 2.16. The van der Waals surface area contributed by atoms with E-state index < -0.39 is 5.82 Å². The zero-order valence-electron chi connectivity index (χ0n) is 11.2. The number of nitrogens with one attached hydrogen (secondary N) is 1. The van der Waals surface area contributed by atoms with Crippen molar-refractivity contribution in [2.45, 2.75) is 18.1 Å². The molecular weight excluding hydrogens is 295 g/mol. The molecule has 0 atom stereocenters. The van der Waals surface area contributed by atoms with Crippen molar-refractivity contribution in [3.63, 3.8) is 0 Å². The van der Waals surface area contributed by atoms with Gasteiger partial charge in [-0.05, 0) is 22.6 Å². The van der Waals surface area contributed by atoms with E-state index in [4.69, 9.17) is 5.73 Å². The summed E-state index contributed by atoms with van der Waals surface area (Å²) >= 11 is 1.35. The van der Waals surface area contributed by atoms with E-state index in [0.717, 1.165) is 0 Å². The zero-order chi connectivity index (χ0) is 15.1. The summed E-state index contributed by atoms with van der Waals surface area (Å²) in [7, 11) is 0.